The van der Waals surface area contributed by atoms with Crippen molar-refractivity contribution in [3.63, 3.8) is 0 Å². The van der Waals surface area contributed by atoms with E-state index in [0.29, 0.717) is 24.9 Å². The Bertz CT molecular complexity index is 456. The van der Waals surface area contributed by atoms with Gasteiger partial charge in [-0.2, -0.15) is 13.2 Å². The molecule has 0 amide bonds. The first kappa shape index (κ1) is 15.3. The maximum atomic E-state index is 13.1. The van der Waals surface area contributed by atoms with Gasteiger partial charge in [-0.1, -0.05) is 25.0 Å². The molecule has 0 saturated heterocycles. The average molecular weight is 289 g/mol. The van der Waals surface area contributed by atoms with Crippen LogP contribution in [0, 0.1) is 18.7 Å². The van der Waals surface area contributed by atoms with Crippen molar-refractivity contribution in [1.82, 2.24) is 5.32 Å². The highest BCUT2D eigenvalue weighted by molar-refractivity contribution is 5.23. The second-order valence-electron chi connectivity index (χ2n) is 5.50. The van der Waals surface area contributed by atoms with Crippen molar-refractivity contribution in [3.05, 3.63) is 35.1 Å². The van der Waals surface area contributed by atoms with E-state index in [9.17, 15) is 17.6 Å². The highest BCUT2D eigenvalue weighted by Gasteiger charge is 2.45. The van der Waals surface area contributed by atoms with Gasteiger partial charge in [-0.05, 0) is 37.0 Å². The van der Waals surface area contributed by atoms with Crippen molar-refractivity contribution in [3.8, 4) is 0 Å². The van der Waals surface area contributed by atoms with E-state index in [2.05, 4.69) is 5.32 Å². The maximum Gasteiger partial charge on any atom is 0.393 e. The Morgan fingerprint density at radius 3 is 2.55 bits per heavy atom. The van der Waals surface area contributed by atoms with E-state index in [1.807, 2.05) is 0 Å². The predicted octanol–water partition coefficient (Wildman–Crippen LogP) is 4.34. The minimum Gasteiger partial charge on any atom is -0.309 e. The van der Waals surface area contributed by atoms with E-state index in [1.165, 1.54) is 6.07 Å². The summed E-state index contributed by atoms with van der Waals surface area (Å²) in [6, 6.07) is 4.11. The van der Waals surface area contributed by atoms with Crippen LogP contribution in [-0.2, 0) is 6.54 Å². The molecule has 1 nitrogen and oxygen atoms in total. The number of benzene rings is 1. The van der Waals surface area contributed by atoms with Crippen LogP contribution in [0.4, 0.5) is 17.6 Å². The van der Waals surface area contributed by atoms with Crippen molar-refractivity contribution >= 4 is 0 Å². The Morgan fingerprint density at radius 2 is 1.90 bits per heavy atom. The smallest absolute Gasteiger partial charge is 0.309 e. The lowest BCUT2D eigenvalue weighted by Gasteiger charge is -2.33. The van der Waals surface area contributed by atoms with Crippen LogP contribution in [0.1, 0.15) is 36.8 Å². The second kappa shape index (κ2) is 6.12. The summed E-state index contributed by atoms with van der Waals surface area (Å²) in [6.45, 7) is 2.00. The van der Waals surface area contributed by atoms with Crippen molar-refractivity contribution in [1.29, 1.82) is 0 Å². The minimum absolute atomic E-state index is 0.198. The molecule has 0 aromatic heterocycles. The summed E-state index contributed by atoms with van der Waals surface area (Å²) in [5.74, 6) is -1.56. The molecule has 0 aliphatic heterocycles. The first-order valence-electron chi connectivity index (χ1n) is 6.93. The third-order valence-electron chi connectivity index (χ3n) is 3.98. The van der Waals surface area contributed by atoms with Crippen LogP contribution >= 0.6 is 0 Å². The molecule has 2 atom stereocenters. The molecule has 2 rings (SSSR count). The van der Waals surface area contributed by atoms with Gasteiger partial charge in [-0.25, -0.2) is 4.39 Å². The van der Waals surface area contributed by atoms with Gasteiger partial charge >= 0.3 is 6.18 Å². The van der Waals surface area contributed by atoms with Gasteiger partial charge in [0.2, 0.25) is 0 Å². The fourth-order valence-corrected chi connectivity index (χ4v) is 2.83. The molecule has 1 aliphatic carbocycles. The highest BCUT2D eigenvalue weighted by atomic mass is 19.4. The summed E-state index contributed by atoms with van der Waals surface area (Å²) < 4.78 is 52.0. The summed E-state index contributed by atoms with van der Waals surface area (Å²) >= 11 is 0. The minimum atomic E-state index is -4.14. The number of aryl methyl sites for hydroxylation is 1. The van der Waals surface area contributed by atoms with Gasteiger partial charge in [0.05, 0.1) is 5.92 Å². The summed E-state index contributed by atoms with van der Waals surface area (Å²) in [4.78, 5) is 0. The molecule has 1 aromatic rings. The molecule has 1 aromatic carbocycles. The quantitative estimate of drug-likeness (QED) is 0.816. The number of rotatable bonds is 3. The third kappa shape index (κ3) is 3.72. The fourth-order valence-electron chi connectivity index (χ4n) is 2.83. The van der Waals surface area contributed by atoms with Crippen molar-refractivity contribution < 1.29 is 17.6 Å². The Morgan fingerprint density at radius 1 is 1.20 bits per heavy atom. The number of hydrogen-bond acceptors (Lipinski definition) is 1. The molecule has 1 saturated carbocycles. The molecule has 2 unspecified atom stereocenters. The van der Waals surface area contributed by atoms with Crippen LogP contribution in [-0.4, -0.2) is 12.2 Å². The largest absolute Gasteiger partial charge is 0.393 e. The molecule has 0 heterocycles. The van der Waals surface area contributed by atoms with Crippen LogP contribution in [0.25, 0.3) is 0 Å². The summed E-state index contributed by atoms with van der Waals surface area (Å²) in [5, 5.41) is 3.00. The molecule has 1 N–H and O–H groups in total. The summed E-state index contributed by atoms with van der Waals surface area (Å²) in [7, 11) is 0. The van der Waals surface area contributed by atoms with Crippen molar-refractivity contribution in [2.45, 2.75) is 51.4 Å². The number of hydrogen-bond donors (Lipinski definition) is 1. The molecule has 5 heteroatoms. The molecule has 112 valence electrons. The Balaban J connectivity index is 1.99. The van der Waals surface area contributed by atoms with Gasteiger partial charge in [0, 0.05) is 12.6 Å². The SMILES string of the molecule is Cc1cc(CNC2CCCCC2C(F)(F)F)ccc1F. The number of nitrogens with one attached hydrogen (secondary N) is 1. The zero-order valence-corrected chi connectivity index (χ0v) is 11.4. The first-order valence-corrected chi connectivity index (χ1v) is 6.93. The predicted molar refractivity (Wildman–Crippen MR) is 69.8 cm³/mol. The van der Waals surface area contributed by atoms with Crippen molar-refractivity contribution in [2.75, 3.05) is 0 Å². The van der Waals surface area contributed by atoms with Crippen molar-refractivity contribution in [2.24, 2.45) is 5.92 Å². The van der Waals surface area contributed by atoms with Crippen LogP contribution in [0.5, 0.6) is 0 Å². The van der Waals surface area contributed by atoms with Gasteiger partial charge in [-0.15, -0.1) is 0 Å². The molecule has 20 heavy (non-hydrogen) atoms. The van der Waals surface area contributed by atoms with Gasteiger partial charge in [0.1, 0.15) is 5.82 Å². The number of halogens is 4. The van der Waals surface area contributed by atoms with Crippen LogP contribution in [0.15, 0.2) is 18.2 Å². The molecule has 1 aliphatic rings. The average Bonchev–Trinajstić information content (AvgIpc) is 2.39. The lowest BCUT2D eigenvalue weighted by molar-refractivity contribution is -0.189. The van der Waals surface area contributed by atoms with E-state index < -0.39 is 18.1 Å². The normalized spacial score (nSPS) is 23.9. The van der Waals surface area contributed by atoms with E-state index in [0.717, 1.165) is 12.0 Å². The Hall–Kier alpha value is -1.10. The molecular weight excluding hydrogens is 270 g/mol. The molecule has 1 fully saturated rings. The standard InChI is InChI=1S/C15H19F4N/c1-10-8-11(6-7-13(10)16)9-20-14-5-3-2-4-12(14)15(17,18)19/h6-8,12,14,20H,2-5,9H2,1H3. The lowest BCUT2D eigenvalue weighted by atomic mass is 9.84. The zero-order chi connectivity index (χ0) is 14.8. The van der Waals surface area contributed by atoms with E-state index in [1.54, 1.807) is 19.1 Å². The van der Waals surface area contributed by atoms with Gasteiger partial charge < -0.3 is 5.32 Å². The van der Waals surface area contributed by atoms with Gasteiger partial charge in [-0.3, -0.25) is 0 Å². The Kier molecular flexibility index (Phi) is 4.68. The second-order valence-corrected chi connectivity index (χ2v) is 5.50. The van der Waals surface area contributed by atoms with Gasteiger partial charge in [0.25, 0.3) is 0 Å². The van der Waals surface area contributed by atoms with E-state index in [-0.39, 0.29) is 12.2 Å². The summed E-state index contributed by atoms with van der Waals surface area (Å²) in [6.07, 6.45) is -1.94. The van der Waals surface area contributed by atoms with Crippen LogP contribution in [0.3, 0.4) is 0 Å². The molecule has 0 spiro atoms. The number of alkyl halides is 3. The third-order valence-corrected chi connectivity index (χ3v) is 3.98. The molecule has 0 radical (unpaired) electrons. The topological polar surface area (TPSA) is 12.0 Å². The molecular formula is C15H19F4N. The van der Waals surface area contributed by atoms with Crippen LogP contribution < -0.4 is 5.32 Å². The Labute approximate surface area is 116 Å². The monoisotopic (exact) mass is 289 g/mol. The maximum absolute atomic E-state index is 13.1. The fraction of sp³-hybridized carbons (Fsp3) is 0.600. The highest BCUT2D eigenvalue weighted by Crippen LogP contribution is 2.37. The molecule has 0 bridgehead atoms. The lowest BCUT2D eigenvalue weighted by Crippen LogP contribution is -2.45. The van der Waals surface area contributed by atoms with E-state index >= 15 is 0 Å². The van der Waals surface area contributed by atoms with Gasteiger partial charge in [0.15, 0.2) is 0 Å². The summed E-state index contributed by atoms with van der Waals surface area (Å²) in [5.41, 5.74) is 1.33. The van der Waals surface area contributed by atoms with E-state index in [4.69, 9.17) is 0 Å². The first-order chi connectivity index (χ1) is 9.38. The zero-order valence-electron chi connectivity index (χ0n) is 11.4. The van der Waals surface area contributed by atoms with Crippen LogP contribution in [0.2, 0.25) is 0 Å².